The van der Waals surface area contributed by atoms with Crippen LogP contribution in [0.3, 0.4) is 0 Å². The van der Waals surface area contributed by atoms with E-state index in [1.54, 1.807) is 11.3 Å². The van der Waals surface area contributed by atoms with E-state index >= 15 is 0 Å². The molecule has 78 valence electrons. The van der Waals surface area contributed by atoms with Crippen molar-refractivity contribution < 1.29 is 0 Å². The number of benzene rings is 1. The van der Waals surface area contributed by atoms with Gasteiger partial charge < -0.3 is 11.5 Å². The third-order valence-corrected chi connectivity index (χ3v) is 2.56. The molecule has 2 aromatic rings. The molecule has 0 atom stereocenters. The van der Waals surface area contributed by atoms with Gasteiger partial charge in [-0.25, -0.2) is 4.98 Å². The van der Waals surface area contributed by atoms with Crippen LogP contribution in [0.15, 0.2) is 24.3 Å². The Balaban J connectivity index is 0.000000531. The van der Waals surface area contributed by atoms with Gasteiger partial charge in [0.1, 0.15) is 0 Å². The summed E-state index contributed by atoms with van der Waals surface area (Å²) in [5, 5.41) is 4.00. The fourth-order valence-electron chi connectivity index (χ4n) is 0.979. The molecule has 0 unspecified atom stereocenters. The number of para-hydroxylation sites is 1. The molecule has 0 aliphatic carbocycles. The lowest BCUT2D eigenvalue weighted by Gasteiger charge is -1.84. The van der Waals surface area contributed by atoms with E-state index in [1.165, 1.54) is 4.70 Å². The van der Waals surface area contributed by atoms with Gasteiger partial charge in [-0.3, -0.25) is 0 Å². The molecular weight excluding hydrogens is 194 g/mol. The predicted octanol–water partition coefficient (Wildman–Crippen LogP) is 3.53. The molecule has 4 heteroatoms. The summed E-state index contributed by atoms with van der Waals surface area (Å²) in [7, 11) is 1.89. The highest BCUT2D eigenvalue weighted by atomic mass is 32.1. The van der Waals surface area contributed by atoms with Crippen LogP contribution >= 0.6 is 11.3 Å². The minimum Gasteiger partial charge on any atom is -0.365 e. The van der Waals surface area contributed by atoms with Gasteiger partial charge in [-0.1, -0.05) is 37.3 Å². The van der Waals surface area contributed by atoms with Crippen LogP contribution in [-0.2, 0) is 0 Å². The molecule has 1 heterocycles. The first-order valence-corrected chi connectivity index (χ1v) is 5.25. The molecule has 2 rings (SSSR count). The average molecular weight is 211 g/mol. The van der Waals surface area contributed by atoms with E-state index in [2.05, 4.69) is 16.4 Å². The molecule has 14 heavy (non-hydrogen) atoms. The second-order valence-electron chi connectivity index (χ2n) is 2.24. The molecule has 0 radical (unpaired) electrons. The molecule has 0 fully saturated rings. The number of rotatable bonds is 1. The predicted molar refractivity (Wildman–Crippen MR) is 65.5 cm³/mol. The van der Waals surface area contributed by atoms with Gasteiger partial charge in [0.15, 0.2) is 5.13 Å². The van der Waals surface area contributed by atoms with E-state index in [0.29, 0.717) is 0 Å². The zero-order valence-corrected chi connectivity index (χ0v) is 9.69. The highest BCUT2D eigenvalue weighted by Crippen LogP contribution is 2.24. The van der Waals surface area contributed by atoms with Crippen LogP contribution in [-0.4, -0.2) is 12.0 Å². The van der Waals surface area contributed by atoms with E-state index in [1.807, 2.05) is 39.1 Å². The fraction of sp³-hybridized carbons (Fsp3) is 0.300. The van der Waals surface area contributed by atoms with Crippen molar-refractivity contribution in [2.45, 2.75) is 13.8 Å². The number of aromatic nitrogens is 1. The molecule has 0 amide bonds. The van der Waals surface area contributed by atoms with Crippen molar-refractivity contribution in [2.24, 2.45) is 0 Å². The summed E-state index contributed by atoms with van der Waals surface area (Å²) < 4.78 is 1.23. The number of anilines is 1. The van der Waals surface area contributed by atoms with Crippen LogP contribution in [0.2, 0.25) is 0 Å². The van der Waals surface area contributed by atoms with Gasteiger partial charge in [-0.05, 0) is 12.1 Å². The minimum absolute atomic E-state index is 0. The Morgan fingerprint density at radius 3 is 2.43 bits per heavy atom. The van der Waals surface area contributed by atoms with Gasteiger partial charge in [0, 0.05) is 7.05 Å². The summed E-state index contributed by atoms with van der Waals surface area (Å²) in [5.41, 5.74) is 1.07. The lowest BCUT2D eigenvalue weighted by Crippen LogP contribution is -1.83. The van der Waals surface area contributed by atoms with Gasteiger partial charge in [0.25, 0.3) is 0 Å². The van der Waals surface area contributed by atoms with Crippen LogP contribution < -0.4 is 11.5 Å². The van der Waals surface area contributed by atoms with E-state index in [4.69, 9.17) is 0 Å². The van der Waals surface area contributed by atoms with Crippen molar-refractivity contribution in [3.63, 3.8) is 0 Å². The Kier molecular flexibility index (Phi) is 5.83. The molecule has 0 bridgehead atoms. The Hall–Kier alpha value is -1.13. The monoisotopic (exact) mass is 211 g/mol. The zero-order valence-electron chi connectivity index (χ0n) is 8.87. The highest BCUT2D eigenvalue weighted by Gasteiger charge is 1.98. The van der Waals surface area contributed by atoms with Crippen molar-refractivity contribution in [3.05, 3.63) is 24.3 Å². The number of hydrogen-bond acceptors (Lipinski definition) is 4. The van der Waals surface area contributed by atoms with Gasteiger partial charge in [-0.2, -0.15) is 0 Å². The topological polar surface area (TPSA) is 59.9 Å². The standard InChI is InChI=1S/C8H8N2S.C2H6.H3N/c1-9-8-10-6-4-2-3-5-7(6)11-8;1-2;/h2-5H,1H3,(H,9,10);1-2H3;1H3. The maximum absolute atomic E-state index is 4.34. The van der Waals surface area contributed by atoms with Crippen molar-refractivity contribution in [1.82, 2.24) is 11.1 Å². The molecule has 0 saturated carbocycles. The molecule has 0 saturated heterocycles. The molecule has 1 aromatic heterocycles. The molecular formula is C10H17N3S. The molecule has 3 nitrogen and oxygen atoms in total. The number of nitrogens with one attached hydrogen (secondary N) is 1. The molecule has 1 aromatic carbocycles. The van der Waals surface area contributed by atoms with Gasteiger partial charge in [-0.15, -0.1) is 0 Å². The maximum atomic E-state index is 4.34. The molecule has 0 aliphatic heterocycles. The third-order valence-electron chi connectivity index (χ3n) is 1.51. The third kappa shape index (κ3) is 2.68. The lowest BCUT2D eigenvalue weighted by atomic mass is 10.3. The summed E-state index contributed by atoms with van der Waals surface area (Å²) in [6.45, 7) is 4.00. The van der Waals surface area contributed by atoms with Crippen LogP contribution in [0.1, 0.15) is 13.8 Å². The Labute approximate surface area is 88.8 Å². The van der Waals surface area contributed by atoms with Crippen molar-refractivity contribution in [2.75, 3.05) is 12.4 Å². The first kappa shape index (κ1) is 12.9. The zero-order chi connectivity index (χ0) is 9.68. The first-order chi connectivity index (χ1) is 6.40. The smallest absolute Gasteiger partial charge is 0.183 e. The summed E-state index contributed by atoms with van der Waals surface area (Å²) in [6, 6.07) is 8.13. The highest BCUT2D eigenvalue weighted by molar-refractivity contribution is 7.22. The largest absolute Gasteiger partial charge is 0.365 e. The number of fused-ring (bicyclic) bond motifs is 1. The Bertz CT molecular complexity index is 337. The molecule has 0 aliphatic rings. The van der Waals surface area contributed by atoms with Crippen LogP contribution in [0.5, 0.6) is 0 Å². The van der Waals surface area contributed by atoms with E-state index in [0.717, 1.165) is 10.6 Å². The quantitative estimate of drug-likeness (QED) is 0.758. The van der Waals surface area contributed by atoms with Crippen molar-refractivity contribution in [1.29, 1.82) is 0 Å². The normalized spacial score (nSPS) is 8.50. The molecule has 0 spiro atoms. The SMILES string of the molecule is CC.CNc1nc2ccccc2s1.N. The summed E-state index contributed by atoms with van der Waals surface area (Å²) in [4.78, 5) is 4.34. The number of thiazole rings is 1. The van der Waals surface area contributed by atoms with Gasteiger partial charge in [0.05, 0.1) is 10.2 Å². The van der Waals surface area contributed by atoms with Crippen LogP contribution in [0, 0.1) is 0 Å². The van der Waals surface area contributed by atoms with Crippen molar-refractivity contribution in [3.8, 4) is 0 Å². The van der Waals surface area contributed by atoms with Crippen molar-refractivity contribution >= 4 is 26.7 Å². The van der Waals surface area contributed by atoms with E-state index in [-0.39, 0.29) is 6.15 Å². The number of hydrogen-bond donors (Lipinski definition) is 2. The van der Waals surface area contributed by atoms with E-state index < -0.39 is 0 Å². The average Bonchev–Trinajstić information content (AvgIpc) is 2.63. The van der Waals surface area contributed by atoms with Gasteiger partial charge >= 0.3 is 0 Å². The Morgan fingerprint density at radius 2 is 1.86 bits per heavy atom. The fourth-order valence-corrected chi connectivity index (χ4v) is 1.80. The maximum Gasteiger partial charge on any atom is 0.183 e. The Morgan fingerprint density at radius 1 is 1.21 bits per heavy atom. The summed E-state index contributed by atoms with van der Waals surface area (Å²) in [5.74, 6) is 0. The minimum atomic E-state index is 0. The first-order valence-electron chi connectivity index (χ1n) is 4.43. The van der Waals surface area contributed by atoms with Crippen LogP contribution in [0.25, 0.3) is 10.2 Å². The lowest BCUT2D eigenvalue weighted by molar-refractivity contribution is 1.41. The summed E-state index contributed by atoms with van der Waals surface area (Å²) in [6.07, 6.45) is 0. The molecule has 4 N–H and O–H groups in total. The number of nitrogens with zero attached hydrogens (tertiary/aromatic N) is 1. The second kappa shape index (κ2) is 6.34. The van der Waals surface area contributed by atoms with Gasteiger partial charge in [0.2, 0.25) is 0 Å². The summed E-state index contributed by atoms with van der Waals surface area (Å²) >= 11 is 1.68. The van der Waals surface area contributed by atoms with E-state index in [9.17, 15) is 0 Å². The van der Waals surface area contributed by atoms with Crippen LogP contribution in [0.4, 0.5) is 5.13 Å². The second-order valence-corrected chi connectivity index (χ2v) is 3.27.